The van der Waals surface area contributed by atoms with Crippen molar-refractivity contribution in [1.82, 2.24) is 4.90 Å². The third-order valence-electron chi connectivity index (χ3n) is 7.75. The number of amides is 1. The minimum atomic E-state index is -0.684. The maximum atomic E-state index is 13.4. The zero-order valence-electron chi connectivity index (χ0n) is 20.7. The molecule has 2 aromatic rings. The summed E-state index contributed by atoms with van der Waals surface area (Å²) in [4.78, 5) is 17.8. The summed E-state index contributed by atoms with van der Waals surface area (Å²) in [5.41, 5.74) is 2.59. The maximum Gasteiger partial charge on any atom is 0.247 e. The Morgan fingerprint density at radius 1 is 1.09 bits per heavy atom. The van der Waals surface area contributed by atoms with Crippen LogP contribution in [-0.2, 0) is 4.79 Å². The van der Waals surface area contributed by atoms with E-state index in [0.717, 1.165) is 55.6 Å². The van der Waals surface area contributed by atoms with Gasteiger partial charge in [-0.25, -0.2) is 0 Å². The molecule has 1 aliphatic carbocycles. The van der Waals surface area contributed by atoms with Gasteiger partial charge in [0.15, 0.2) is 0 Å². The van der Waals surface area contributed by atoms with E-state index in [1.807, 2.05) is 35.2 Å². The Balaban J connectivity index is 1.62. The molecular formula is C29H38N2O3. The minimum absolute atomic E-state index is 0.00117. The molecule has 2 fully saturated rings. The molecule has 1 heterocycles. The molecule has 0 spiro atoms. The lowest BCUT2D eigenvalue weighted by molar-refractivity contribution is -0.150. The van der Waals surface area contributed by atoms with Gasteiger partial charge in [-0.3, -0.25) is 4.79 Å². The lowest BCUT2D eigenvalue weighted by Crippen LogP contribution is -2.56. The molecule has 1 aliphatic heterocycles. The van der Waals surface area contributed by atoms with Crippen molar-refractivity contribution in [2.24, 2.45) is 5.92 Å². The van der Waals surface area contributed by atoms with Crippen molar-refractivity contribution < 1.29 is 14.6 Å². The first-order valence-electron chi connectivity index (χ1n) is 12.7. The summed E-state index contributed by atoms with van der Waals surface area (Å²) in [7, 11) is 1.64. The predicted octanol–water partition coefficient (Wildman–Crippen LogP) is 5.45. The van der Waals surface area contributed by atoms with Gasteiger partial charge in [0.05, 0.1) is 18.8 Å². The van der Waals surface area contributed by atoms with E-state index in [2.05, 4.69) is 43.0 Å². The Hall–Kier alpha value is -2.79. The summed E-state index contributed by atoms with van der Waals surface area (Å²) < 4.78 is 5.22. The molecule has 5 heteroatoms. The largest absolute Gasteiger partial charge is 0.497 e. The number of rotatable bonds is 7. The molecule has 2 aromatic carbocycles. The molecule has 182 valence electrons. The van der Waals surface area contributed by atoms with Crippen LogP contribution in [-0.4, -0.2) is 48.3 Å². The van der Waals surface area contributed by atoms with Gasteiger partial charge in [0, 0.05) is 37.3 Å². The Labute approximate surface area is 204 Å². The molecule has 34 heavy (non-hydrogen) atoms. The monoisotopic (exact) mass is 462 g/mol. The SMILES string of the molecule is CCN(CC)c1ccc([C@@H]2[C@H]3CCCC[C@]3(O)CCN2C(=O)/C=C/c2ccc(OC)cc2)cc1. The summed E-state index contributed by atoms with van der Waals surface area (Å²) in [6, 6.07) is 16.2. The Morgan fingerprint density at radius 3 is 2.44 bits per heavy atom. The second-order valence-electron chi connectivity index (χ2n) is 9.55. The number of aliphatic hydroxyl groups is 1. The van der Waals surface area contributed by atoms with Crippen molar-refractivity contribution in [1.29, 1.82) is 0 Å². The van der Waals surface area contributed by atoms with Gasteiger partial charge in [0.2, 0.25) is 5.91 Å². The third-order valence-corrected chi connectivity index (χ3v) is 7.75. The van der Waals surface area contributed by atoms with Gasteiger partial charge in [-0.1, -0.05) is 37.1 Å². The number of piperidine rings is 1. The van der Waals surface area contributed by atoms with Crippen LogP contribution in [0.3, 0.4) is 0 Å². The summed E-state index contributed by atoms with van der Waals surface area (Å²) in [6.45, 7) is 6.82. The first kappa shape index (κ1) is 24.3. The summed E-state index contributed by atoms with van der Waals surface area (Å²) in [5, 5.41) is 11.5. The van der Waals surface area contributed by atoms with Gasteiger partial charge in [0.1, 0.15) is 5.75 Å². The van der Waals surface area contributed by atoms with Crippen LogP contribution in [0.2, 0.25) is 0 Å². The van der Waals surface area contributed by atoms with E-state index in [0.29, 0.717) is 13.0 Å². The van der Waals surface area contributed by atoms with Gasteiger partial charge in [-0.2, -0.15) is 0 Å². The van der Waals surface area contributed by atoms with Gasteiger partial charge in [0.25, 0.3) is 0 Å². The van der Waals surface area contributed by atoms with Crippen molar-refractivity contribution in [2.75, 3.05) is 31.6 Å². The highest BCUT2D eigenvalue weighted by atomic mass is 16.5. The van der Waals surface area contributed by atoms with Gasteiger partial charge in [-0.15, -0.1) is 0 Å². The number of nitrogens with zero attached hydrogens (tertiary/aromatic N) is 2. The molecule has 3 atom stereocenters. The van der Waals surface area contributed by atoms with Gasteiger partial charge < -0.3 is 19.6 Å². The number of hydrogen-bond donors (Lipinski definition) is 1. The zero-order chi connectivity index (χ0) is 24.1. The molecule has 2 aliphatic rings. The van der Waals surface area contributed by atoms with E-state index in [4.69, 9.17) is 4.74 Å². The van der Waals surface area contributed by atoms with E-state index in [9.17, 15) is 9.90 Å². The molecule has 0 radical (unpaired) electrons. The number of hydrogen-bond acceptors (Lipinski definition) is 4. The number of ether oxygens (including phenoxy) is 1. The Morgan fingerprint density at radius 2 is 1.79 bits per heavy atom. The van der Waals surface area contributed by atoms with Crippen LogP contribution < -0.4 is 9.64 Å². The first-order valence-corrected chi connectivity index (χ1v) is 12.7. The smallest absolute Gasteiger partial charge is 0.247 e. The van der Waals surface area contributed by atoms with Crippen LogP contribution in [0.15, 0.2) is 54.6 Å². The molecule has 0 bridgehead atoms. The number of benzene rings is 2. The van der Waals surface area contributed by atoms with Crippen LogP contribution in [0, 0.1) is 5.92 Å². The summed E-state index contributed by atoms with van der Waals surface area (Å²) in [6.07, 6.45) is 8.13. The fourth-order valence-electron chi connectivity index (χ4n) is 5.79. The molecule has 4 rings (SSSR count). The number of carbonyl (C=O) groups excluding carboxylic acids is 1. The van der Waals surface area contributed by atoms with Gasteiger partial charge >= 0.3 is 0 Å². The van der Waals surface area contributed by atoms with Crippen molar-refractivity contribution in [3.63, 3.8) is 0 Å². The van der Waals surface area contributed by atoms with E-state index < -0.39 is 5.60 Å². The van der Waals surface area contributed by atoms with Crippen molar-refractivity contribution in [3.05, 3.63) is 65.7 Å². The molecule has 1 amide bonds. The highest BCUT2D eigenvalue weighted by Crippen LogP contribution is 2.49. The van der Waals surface area contributed by atoms with Crippen molar-refractivity contribution >= 4 is 17.7 Å². The van der Waals surface area contributed by atoms with E-state index in [1.165, 1.54) is 5.69 Å². The van der Waals surface area contributed by atoms with Crippen LogP contribution >= 0.6 is 0 Å². The van der Waals surface area contributed by atoms with E-state index in [-0.39, 0.29) is 17.9 Å². The first-order chi connectivity index (χ1) is 16.5. The quantitative estimate of drug-likeness (QED) is 0.556. The number of anilines is 1. The topological polar surface area (TPSA) is 53.0 Å². The zero-order valence-corrected chi connectivity index (χ0v) is 20.7. The summed E-state index contributed by atoms with van der Waals surface area (Å²) in [5.74, 6) is 0.859. The second kappa shape index (κ2) is 10.6. The van der Waals surface area contributed by atoms with Crippen molar-refractivity contribution in [2.45, 2.75) is 57.6 Å². The third kappa shape index (κ3) is 5.00. The molecule has 1 N–H and O–H groups in total. The Bertz CT molecular complexity index is 981. The number of likely N-dealkylation sites (tertiary alicyclic amines) is 1. The highest BCUT2D eigenvalue weighted by molar-refractivity contribution is 5.92. The van der Waals surface area contributed by atoms with Crippen molar-refractivity contribution in [3.8, 4) is 5.75 Å². The maximum absolute atomic E-state index is 13.4. The number of fused-ring (bicyclic) bond motifs is 1. The Kier molecular flexibility index (Phi) is 7.62. The minimum Gasteiger partial charge on any atom is -0.497 e. The second-order valence-corrected chi connectivity index (χ2v) is 9.55. The summed E-state index contributed by atoms with van der Waals surface area (Å²) >= 11 is 0. The number of carbonyl (C=O) groups is 1. The average molecular weight is 463 g/mol. The number of methoxy groups -OCH3 is 1. The average Bonchev–Trinajstić information content (AvgIpc) is 2.88. The van der Waals surface area contributed by atoms with Crippen LogP contribution in [0.25, 0.3) is 6.08 Å². The van der Waals surface area contributed by atoms with Crippen LogP contribution in [0.5, 0.6) is 5.75 Å². The van der Waals surface area contributed by atoms with Crippen LogP contribution in [0.1, 0.15) is 63.1 Å². The van der Waals surface area contributed by atoms with Crippen LogP contribution in [0.4, 0.5) is 5.69 Å². The van der Waals surface area contributed by atoms with Gasteiger partial charge in [-0.05, 0) is 74.6 Å². The molecule has 1 saturated heterocycles. The van der Waals surface area contributed by atoms with E-state index >= 15 is 0 Å². The normalized spacial score (nSPS) is 24.6. The van der Waals surface area contributed by atoms with E-state index in [1.54, 1.807) is 13.2 Å². The lowest BCUT2D eigenvalue weighted by atomic mass is 9.66. The lowest BCUT2D eigenvalue weighted by Gasteiger charge is -2.52. The molecule has 5 nitrogen and oxygen atoms in total. The fraction of sp³-hybridized carbons (Fsp3) is 0.483. The standard InChI is InChI=1S/C29H38N2O3/c1-4-30(5-2)24-14-12-23(13-15-24)28-26-8-6-7-19-29(26,33)20-21-31(28)27(32)18-11-22-9-16-25(34-3)17-10-22/h9-18,26,28,33H,4-8,19-21H2,1-3H3/b18-11+/t26-,28-,29+/m1/s1. The molecule has 1 saturated carbocycles. The molecular weight excluding hydrogens is 424 g/mol. The molecule has 0 aromatic heterocycles. The predicted molar refractivity (Wildman–Crippen MR) is 138 cm³/mol. The fourth-order valence-corrected chi connectivity index (χ4v) is 5.79. The highest BCUT2D eigenvalue weighted by Gasteiger charge is 2.49. The molecule has 0 unspecified atom stereocenters.